The maximum absolute atomic E-state index is 11.8. The van der Waals surface area contributed by atoms with Crippen LogP contribution in [0.5, 0.6) is 0 Å². The monoisotopic (exact) mass is 307 g/mol. The quantitative estimate of drug-likeness (QED) is 0.393. The zero-order chi connectivity index (χ0) is 16.0. The van der Waals surface area contributed by atoms with E-state index in [0.29, 0.717) is 37.6 Å². The molecule has 3 unspecified atom stereocenters. The summed E-state index contributed by atoms with van der Waals surface area (Å²) in [5.41, 5.74) is -0.105. The van der Waals surface area contributed by atoms with Gasteiger partial charge in [-0.3, -0.25) is 20.1 Å². The second kappa shape index (κ2) is 7.63. The molecule has 22 heavy (non-hydrogen) atoms. The van der Waals surface area contributed by atoms with Gasteiger partial charge in [-0.2, -0.15) is 0 Å². The van der Waals surface area contributed by atoms with Crippen LogP contribution in [0.15, 0.2) is 22.1 Å². The second-order valence-electron chi connectivity index (χ2n) is 5.97. The molecule has 2 heterocycles. The summed E-state index contributed by atoms with van der Waals surface area (Å²) in [4.78, 5) is 20.6. The van der Waals surface area contributed by atoms with Crippen molar-refractivity contribution in [1.29, 1.82) is 0 Å². The van der Waals surface area contributed by atoms with Gasteiger partial charge in [0.05, 0.1) is 5.71 Å². The predicted molar refractivity (Wildman–Crippen MR) is 87.6 cm³/mol. The van der Waals surface area contributed by atoms with E-state index in [1.165, 1.54) is 0 Å². The average Bonchev–Trinajstić information content (AvgIpc) is 3.12. The van der Waals surface area contributed by atoms with E-state index >= 15 is 0 Å². The molecule has 0 N–H and O–H groups in total. The molecule has 6 heteroatoms. The highest BCUT2D eigenvalue weighted by molar-refractivity contribution is 5.92. The summed E-state index contributed by atoms with van der Waals surface area (Å²) >= 11 is 0. The minimum atomic E-state index is -0.872. The third-order valence-electron chi connectivity index (χ3n) is 4.32. The number of nitro groups is 1. The molecule has 2 rings (SSSR count). The Bertz CT molecular complexity index is 467. The Balaban J connectivity index is 2.30. The number of ether oxygens (including phenoxy) is 1. The van der Waals surface area contributed by atoms with Gasteiger partial charge >= 0.3 is 0 Å². The topological polar surface area (TPSA) is 77.1 Å². The molecule has 2 aliphatic rings. The van der Waals surface area contributed by atoms with Crippen LogP contribution in [0.2, 0.25) is 0 Å². The summed E-state index contributed by atoms with van der Waals surface area (Å²) < 4.78 is 5.41. The largest absolute Gasteiger partial charge is 0.381 e. The molecule has 0 aromatic rings. The molecule has 0 bridgehead atoms. The van der Waals surface area contributed by atoms with Crippen molar-refractivity contribution in [2.45, 2.75) is 51.1 Å². The van der Waals surface area contributed by atoms with Gasteiger partial charge in [-0.15, -0.1) is 0 Å². The number of aliphatic imine (C=N–C) groups is 2. The molecule has 0 saturated carbocycles. The SMILES string of the molecule is CCCC1(C(C(CC2CCOC2)=NCC)[N+](=O)[O-])C=CC=N1. The zero-order valence-corrected chi connectivity index (χ0v) is 13.4. The van der Waals surface area contributed by atoms with Gasteiger partial charge < -0.3 is 4.74 Å². The van der Waals surface area contributed by atoms with Gasteiger partial charge in [0.25, 0.3) is 6.04 Å². The molecule has 0 amide bonds. The molecule has 2 aliphatic heterocycles. The summed E-state index contributed by atoms with van der Waals surface area (Å²) in [6, 6.07) is -0.872. The van der Waals surface area contributed by atoms with Gasteiger partial charge in [0.1, 0.15) is 0 Å². The molecule has 122 valence electrons. The Labute approximate surface area is 131 Å². The molecule has 0 spiro atoms. The van der Waals surface area contributed by atoms with Crippen LogP contribution in [0.3, 0.4) is 0 Å². The third-order valence-corrected chi connectivity index (χ3v) is 4.32. The smallest absolute Gasteiger partial charge is 0.278 e. The van der Waals surface area contributed by atoms with Gasteiger partial charge in [-0.05, 0) is 44.3 Å². The Morgan fingerprint density at radius 1 is 1.59 bits per heavy atom. The predicted octanol–water partition coefficient (Wildman–Crippen LogP) is 2.70. The van der Waals surface area contributed by atoms with Crippen LogP contribution in [-0.2, 0) is 4.74 Å². The molecule has 0 aromatic heterocycles. The fourth-order valence-electron chi connectivity index (χ4n) is 3.38. The second-order valence-corrected chi connectivity index (χ2v) is 5.97. The first-order chi connectivity index (χ1) is 10.6. The van der Waals surface area contributed by atoms with E-state index in [2.05, 4.69) is 9.98 Å². The summed E-state index contributed by atoms with van der Waals surface area (Å²) in [5, 5.41) is 11.8. The van der Waals surface area contributed by atoms with Crippen molar-refractivity contribution in [2.75, 3.05) is 19.8 Å². The van der Waals surface area contributed by atoms with E-state index in [-0.39, 0.29) is 4.92 Å². The van der Waals surface area contributed by atoms with Crippen LogP contribution in [0.4, 0.5) is 0 Å². The Morgan fingerprint density at radius 3 is 2.91 bits per heavy atom. The van der Waals surface area contributed by atoms with Crippen molar-refractivity contribution in [3.8, 4) is 0 Å². The Morgan fingerprint density at radius 2 is 2.41 bits per heavy atom. The highest BCUT2D eigenvalue weighted by Gasteiger charge is 2.48. The first-order valence-corrected chi connectivity index (χ1v) is 8.10. The van der Waals surface area contributed by atoms with Crippen LogP contribution in [0.1, 0.15) is 39.5 Å². The summed E-state index contributed by atoms with van der Waals surface area (Å²) in [7, 11) is 0. The Kier molecular flexibility index (Phi) is 5.83. The lowest BCUT2D eigenvalue weighted by Gasteiger charge is -2.28. The van der Waals surface area contributed by atoms with Gasteiger partial charge in [0.15, 0.2) is 5.54 Å². The fraction of sp³-hybridized carbons (Fsp3) is 0.750. The lowest BCUT2D eigenvalue weighted by Crippen LogP contribution is -2.49. The molecular weight excluding hydrogens is 282 g/mol. The normalized spacial score (nSPS) is 29.2. The fourth-order valence-corrected chi connectivity index (χ4v) is 3.38. The molecule has 1 fully saturated rings. The highest BCUT2D eigenvalue weighted by Crippen LogP contribution is 2.32. The maximum Gasteiger partial charge on any atom is 0.278 e. The van der Waals surface area contributed by atoms with Gasteiger partial charge in [-0.25, -0.2) is 0 Å². The van der Waals surface area contributed by atoms with Crippen molar-refractivity contribution in [3.05, 3.63) is 22.3 Å². The molecule has 3 atom stereocenters. The summed E-state index contributed by atoms with van der Waals surface area (Å²) in [6.45, 7) is 5.92. The minimum absolute atomic E-state index is 0.201. The third kappa shape index (κ3) is 3.61. The standard InChI is InChI=1S/C16H25N3O3/c1-3-7-16(8-5-9-18-16)15(19(20)21)14(17-4-2)11-13-6-10-22-12-13/h5,8-9,13,15H,3-4,6-7,10-12H2,1-2H3. The molecule has 0 aromatic carbocycles. The van der Waals surface area contributed by atoms with Crippen molar-refractivity contribution >= 4 is 11.9 Å². The molecule has 1 saturated heterocycles. The molecule has 0 radical (unpaired) electrons. The Hall–Kier alpha value is -1.56. The number of hydrogen-bond donors (Lipinski definition) is 0. The van der Waals surface area contributed by atoms with Crippen LogP contribution in [0, 0.1) is 16.0 Å². The minimum Gasteiger partial charge on any atom is -0.381 e. The van der Waals surface area contributed by atoms with E-state index in [0.717, 1.165) is 19.4 Å². The zero-order valence-electron chi connectivity index (χ0n) is 13.4. The lowest BCUT2D eigenvalue weighted by atomic mass is 9.81. The number of hydrogen-bond acceptors (Lipinski definition) is 5. The van der Waals surface area contributed by atoms with Gasteiger partial charge in [0, 0.05) is 30.9 Å². The van der Waals surface area contributed by atoms with Crippen molar-refractivity contribution < 1.29 is 9.66 Å². The average molecular weight is 307 g/mol. The van der Waals surface area contributed by atoms with Crippen molar-refractivity contribution in [1.82, 2.24) is 0 Å². The van der Waals surface area contributed by atoms with Crippen LogP contribution >= 0.6 is 0 Å². The first-order valence-electron chi connectivity index (χ1n) is 8.10. The number of allylic oxidation sites excluding steroid dienone is 1. The number of nitrogens with zero attached hydrogens (tertiary/aromatic N) is 3. The number of rotatable bonds is 8. The lowest BCUT2D eigenvalue weighted by molar-refractivity contribution is -0.511. The van der Waals surface area contributed by atoms with Gasteiger partial charge in [-0.1, -0.05) is 13.3 Å². The molecule has 6 nitrogen and oxygen atoms in total. The van der Waals surface area contributed by atoms with E-state index in [4.69, 9.17) is 4.74 Å². The maximum atomic E-state index is 11.8. The van der Waals surface area contributed by atoms with E-state index < -0.39 is 11.6 Å². The van der Waals surface area contributed by atoms with E-state index in [1.807, 2.05) is 26.0 Å². The van der Waals surface area contributed by atoms with Crippen molar-refractivity contribution in [3.63, 3.8) is 0 Å². The summed E-state index contributed by atoms with van der Waals surface area (Å²) in [5.74, 6) is 0.334. The van der Waals surface area contributed by atoms with Crippen LogP contribution < -0.4 is 0 Å². The van der Waals surface area contributed by atoms with Gasteiger partial charge in [0.2, 0.25) is 0 Å². The van der Waals surface area contributed by atoms with E-state index in [1.54, 1.807) is 6.21 Å². The van der Waals surface area contributed by atoms with E-state index in [9.17, 15) is 10.1 Å². The molecule has 0 aliphatic carbocycles. The van der Waals surface area contributed by atoms with Crippen LogP contribution in [0.25, 0.3) is 0 Å². The first kappa shape index (κ1) is 16.8. The summed E-state index contributed by atoms with van der Waals surface area (Å²) in [6.07, 6.45) is 8.46. The van der Waals surface area contributed by atoms with Crippen molar-refractivity contribution in [2.24, 2.45) is 15.9 Å². The van der Waals surface area contributed by atoms with Crippen LogP contribution in [-0.4, -0.2) is 48.2 Å². The molecular formula is C16H25N3O3. The highest BCUT2D eigenvalue weighted by atomic mass is 16.6.